The first-order chi connectivity index (χ1) is 15.0. The summed E-state index contributed by atoms with van der Waals surface area (Å²) in [7, 11) is 1.67. The summed E-state index contributed by atoms with van der Waals surface area (Å²) in [6, 6.07) is 7.94. The van der Waals surface area contributed by atoms with Crippen molar-refractivity contribution in [2.24, 2.45) is 11.8 Å². The molecule has 1 atom stereocenters. The molecule has 0 radical (unpaired) electrons. The molecule has 0 aromatic heterocycles. The lowest BCUT2D eigenvalue weighted by molar-refractivity contribution is -0.135. The maximum absolute atomic E-state index is 13.2. The molecule has 1 aliphatic heterocycles. The molecule has 0 unspecified atom stereocenters. The van der Waals surface area contributed by atoms with Gasteiger partial charge in [0.1, 0.15) is 5.75 Å². The molecule has 1 aromatic carbocycles. The van der Waals surface area contributed by atoms with Crippen LogP contribution in [0.15, 0.2) is 24.3 Å². The number of piperazine rings is 1. The molecular weight excluding hydrogens is 390 g/mol. The van der Waals surface area contributed by atoms with Crippen LogP contribution in [-0.4, -0.2) is 67.5 Å². The summed E-state index contributed by atoms with van der Waals surface area (Å²) in [5.41, 5.74) is 1.19. The molecule has 6 heteroatoms. The normalized spacial score (nSPS) is 18.9. The summed E-state index contributed by atoms with van der Waals surface area (Å²) in [5.74, 6) is 2.06. The van der Waals surface area contributed by atoms with Crippen molar-refractivity contribution in [3.8, 4) is 5.75 Å². The number of carbonyl (C=O) groups excluding carboxylic acids is 2. The SMILES string of the molecule is COc1ccc(CCNC(=O)[C@H](C2CCCC2)N2CCN(C(=O)CC(C)C)CC2)cc1. The van der Waals surface area contributed by atoms with E-state index < -0.39 is 0 Å². The summed E-state index contributed by atoms with van der Waals surface area (Å²) >= 11 is 0. The zero-order valence-electron chi connectivity index (χ0n) is 19.4. The second-order valence-corrected chi connectivity index (χ2v) is 9.39. The third kappa shape index (κ3) is 6.70. The molecular formula is C25H39N3O3. The molecule has 1 saturated carbocycles. The highest BCUT2D eigenvalue weighted by atomic mass is 16.5. The Morgan fingerprint density at radius 2 is 1.71 bits per heavy atom. The Morgan fingerprint density at radius 3 is 2.29 bits per heavy atom. The maximum atomic E-state index is 13.2. The van der Waals surface area contributed by atoms with Gasteiger partial charge in [-0.3, -0.25) is 14.5 Å². The summed E-state index contributed by atoms with van der Waals surface area (Å²) in [5, 5.41) is 3.20. The highest BCUT2D eigenvalue weighted by molar-refractivity contribution is 5.82. The minimum Gasteiger partial charge on any atom is -0.497 e. The van der Waals surface area contributed by atoms with Crippen LogP contribution in [0.25, 0.3) is 0 Å². The Kier molecular flexibility index (Phi) is 8.76. The maximum Gasteiger partial charge on any atom is 0.237 e. The molecule has 172 valence electrons. The molecule has 1 saturated heterocycles. The van der Waals surface area contributed by atoms with Crippen molar-refractivity contribution in [2.75, 3.05) is 39.8 Å². The molecule has 0 bridgehead atoms. The van der Waals surface area contributed by atoms with Crippen LogP contribution in [0.3, 0.4) is 0 Å². The number of nitrogens with zero attached hydrogens (tertiary/aromatic N) is 2. The van der Waals surface area contributed by atoms with Crippen LogP contribution in [0.2, 0.25) is 0 Å². The summed E-state index contributed by atoms with van der Waals surface area (Å²) in [4.78, 5) is 29.9. The van der Waals surface area contributed by atoms with Crippen LogP contribution in [0, 0.1) is 11.8 Å². The van der Waals surface area contributed by atoms with Crippen LogP contribution in [0.1, 0.15) is 51.5 Å². The van der Waals surface area contributed by atoms with Crippen LogP contribution in [0.5, 0.6) is 5.75 Å². The van der Waals surface area contributed by atoms with Crippen molar-refractivity contribution in [3.05, 3.63) is 29.8 Å². The van der Waals surface area contributed by atoms with Gasteiger partial charge in [0.05, 0.1) is 13.2 Å². The Labute approximate surface area is 187 Å². The summed E-state index contributed by atoms with van der Waals surface area (Å²) in [6.07, 6.45) is 6.11. The molecule has 1 N–H and O–H groups in total. The number of ether oxygens (including phenoxy) is 1. The lowest BCUT2D eigenvalue weighted by Crippen LogP contribution is -2.58. The van der Waals surface area contributed by atoms with E-state index in [4.69, 9.17) is 4.74 Å². The van der Waals surface area contributed by atoms with Gasteiger partial charge in [0.2, 0.25) is 11.8 Å². The molecule has 1 aliphatic carbocycles. The third-order valence-electron chi connectivity index (χ3n) is 6.63. The number of methoxy groups -OCH3 is 1. The average Bonchev–Trinajstić information content (AvgIpc) is 3.28. The second kappa shape index (κ2) is 11.5. The molecule has 3 rings (SSSR count). The zero-order valence-corrected chi connectivity index (χ0v) is 19.4. The van der Waals surface area contributed by atoms with Gasteiger partial charge in [0, 0.05) is 39.1 Å². The Morgan fingerprint density at radius 1 is 1.06 bits per heavy atom. The first-order valence-corrected chi connectivity index (χ1v) is 11.9. The predicted octanol–water partition coefficient (Wildman–Crippen LogP) is 3.10. The molecule has 1 aromatic rings. The van der Waals surface area contributed by atoms with Gasteiger partial charge in [-0.15, -0.1) is 0 Å². The first kappa shape index (κ1) is 23.6. The quantitative estimate of drug-likeness (QED) is 0.655. The van der Waals surface area contributed by atoms with E-state index in [-0.39, 0.29) is 17.9 Å². The largest absolute Gasteiger partial charge is 0.497 e. The number of hydrogen-bond donors (Lipinski definition) is 1. The number of hydrogen-bond acceptors (Lipinski definition) is 4. The van der Waals surface area contributed by atoms with Crippen molar-refractivity contribution >= 4 is 11.8 Å². The standard InChI is InChI=1S/C25H39N3O3/c1-19(2)18-23(29)27-14-16-28(17-15-27)24(21-6-4-5-7-21)25(30)26-13-12-20-8-10-22(31-3)11-9-20/h8-11,19,21,24H,4-7,12-18H2,1-3H3,(H,26,30)/t24-/m0/s1. The van der Waals surface area contributed by atoms with Gasteiger partial charge < -0.3 is 15.0 Å². The molecule has 6 nitrogen and oxygen atoms in total. The number of carbonyl (C=O) groups is 2. The van der Waals surface area contributed by atoms with Crippen LogP contribution in [0.4, 0.5) is 0 Å². The number of rotatable bonds is 9. The van der Waals surface area contributed by atoms with E-state index in [1.54, 1.807) is 7.11 Å². The molecule has 31 heavy (non-hydrogen) atoms. The highest BCUT2D eigenvalue weighted by Gasteiger charge is 2.37. The topological polar surface area (TPSA) is 61.9 Å². The van der Waals surface area contributed by atoms with Gasteiger partial charge in [-0.05, 0) is 48.8 Å². The van der Waals surface area contributed by atoms with Crippen LogP contribution >= 0.6 is 0 Å². The highest BCUT2D eigenvalue weighted by Crippen LogP contribution is 2.31. The summed E-state index contributed by atoms with van der Waals surface area (Å²) < 4.78 is 5.21. The summed E-state index contributed by atoms with van der Waals surface area (Å²) in [6.45, 7) is 7.85. The van der Waals surface area contributed by atoms with E-state index in [1.807, 2.05) is 29.2 Å². The van der Waals surface area contributed by atoms with E-state index in [2.05, 4.69) is 24.1 Å². The molecule has 2 aliphatic rings. The number of amides is 2. The van der Waals surface area contributed by atoms with Gasteiger partial charge in [-0.25, -0.2) is 0 Å². The van der Waals surface area contributed by atoms with E-state index in [0.29, 0.717) is 24.8 Å². The van der Waals surface area contributed by atoms with Gasteiger partial charge in [-0.2, -0.15) is 0 Å². The smallest absolute Gasteiger partial charge is 0.237 e. The van der Waals surface area contributed by atoms with E-state index >= 15 is 0 Å². The van der Waals surface area contributed by atoms with Crippen molar-refractivity contribution < 1.29 is 14.3 Å². The number of nitrogens with one attached hydrogen (secondary N) is 1. The lowest BCUT2D eigenvalue weighted by atomic mass is 9.94. The van der Waals surface area contributed by atoms with Gasteiger partial charge >= 0.3 is 0 Å². The fourth-order valence-corrected chi connectivity index (χ4v) is 4.91. The number of benzene rings is 1. The van der Waals surface area contributed by atoms with E-state index in [1.165, 1.54) is 18.4 Å². The lowest BCUT2D eigenvalue weighted by Gasteiger charge is -2.41. The molecule has 2 fully saturated rings. The van der Waals surface area contributed by atoms with Gasteiger partial charge in [0.25, 0.3) is 0 Å². The average molecular weight is 430 g/mol. The van der Waals surface area contributed by atoms with Gasteiger partial charge in [-0.1, -0.05) is 38.8 Å². The van der Waals surface area contributed by atoms with Crippen molar-refractivity contribution in [1.82, 2.24) is 15.1 Å². The Hall–Kier alpha value is -2.08. The third-order valence-corrected chi connectivity index (χ3v) is 6.63. The Balaban J connectivity index is 1.53. The van der Waals surface area contributed by atoms with E-state index in [9.17, 15) is 9.59 Å². The van der Waals surface area contributed by atoms with Crippen LogP contribution < -0.4 is 10.1 Å². The fraction of sp³-hybridized carbons (Fsp3) is 0.680. The molecule has 0 spiro atoms. The first-order valence-electron chi connectivity index (χ1n) is 11.9. The molecule has 1 heterocycles. The minimum absolute atomic E-state index is 0.0688. The Bertz CT molecular complexity index is 705. The van der Waals surface area contributed by atoms with Crippen molar-refractivity contribution in [3.63, 3.8) is 0 Å². The van der Waals surface area contributed by atoms with Crippen LogP contribution in [-0.2, 0) is 16.0 Å². The molecule has 2 amide bonds. The monoisotopic (exact) mass is 429 g/mol. The zero-order chi connectivity index (χ0) is 22.2. The predicted molar refractivity (Wildman–Crippen MR) is 123 cm³/mol. The van der Waals surface area contributed by atoms with Gasteiger partial charge in [0.15, 0.2) is 0 Å². The van der Waals surface area contributed by atoms with E-state index in [0.717, 1.165) is 51.2 Å². The second-order valence-electron chi connectivity index (χ2n) is 9.39. The van der Waals surface area contributed by atoms with Crippen molar-refractivity contribution in [2.45, 2.75) is 58.4 Å². The minimum atomic E-state index is -0.0688. The van der Waals surface area contributed by atoms with Crippen molar-refractivity contribution in [1.29, 1.82) is 0 Å². The fourth-order valence-electron chi connectivity index (χ4n) is 4.91.